The molecule has 5 nitrogen and oxygen atoms in total. The van der Waals surface area contributed by atoms with E-state index in [2.05, 4.69) is 9.97 Å². The molecule has 0 radical (unpaired) electrons. The molecule has 19 heavy (non-hydrogen) atoms. The van der Waals surface area contributed by atoms with E-state index in [4.69, 9.17) is 0 Å². The summed E-state index contributed by atoms with van der Waals surface area (Å²) in [5.41, 5.74) is 1.45. The summed E-state index contributed by atoms with van der Waals surface area (Å²) in [6.45, 7) is 0. The Morgan fingerprint density at radius 3 is 2.68 bits per heavy atom. The molecule has 2 aromatic heterocycles. The number of sulfone groups is 1. The number of imidazole rings is 1. The number of rotatable bonds is 2. The highest BCUT2D eigenvalue weighted by atomic mass is 32.2. The molecule has 1 saturated carbocycles. The molecule has 0 aliphatic heterocycles. The SMILES string of the molecule is CS(=O)(=O)c1nccn2cc(C3CCCCC3)nc12. The summed E-state index contributed by atoms with van der Waals surface area (Å²) in [6, 6.07) is 0. The van der Waals surface area contributed by atoms with Crippen LogP contribution in [0.2, 0.25) is 0 Å². The zero-order valence-electron chi connectivity index (χ0n) is 10.9. The summed E-state index contributed by atoms with van der Waals surface area (Å²) in [4.78, 5) is 8.49. The van der Waals surface area contributed by atoms with Gasteiger partial charge in [0.15, 0.2) is 20.5 Å². The summed E-state index contributed by atoms with van der Waals surface area (Å²) >= 11 is 0. The third-order valence-electron chi connectivity index (χ3n) is 3.74. The van der Waals surface area contributed by atoms with Gasteiger partial charge >= 0.3 is 0 Å². The van der Waals surface area contributed by atoms with Crippen molar-refractivity contribution < 1.29 is 8.42 Å². The quantitative estimate of drug-likeness (QED) is 0.845. The maximum atomic E-state index is 11.7. The molecular formula is C13H17N3O2S. The molecule has 2 heterocycles. The number of aromatic nitrogens is 3. The molecule has 0 bridgehead atoms. The molecule has 0 atom stereocenters. The Hall–Kier alpha value is -1.43. The Kier molecular flexibility index (Phi) is 3.05. The first kappa shape index (κ1) is 12.6. The Labute approximate surface area is 112 Å². The van der Waals surface area contributed by atoms with E-state index in [1.165, 1.54) is 31.7 Å². The first-order chi connectivity index (χ1) is 9.05. The van der Waals surface area contributed by atoms with Gasteiger partial charge in [0.05, 0.1) is 5.69 Å². The summed E-state index contributed by atoms with van der Waals surface area (Å²) in [5, 5.41) is 0.0667. The predicted molar refractivity (Wildman–Crippen MR) is 71.9 cm³/mol. The molecule has 0 saturated heterocycles. The zero-order valence-corrected chi connectivity index (χ0v) is 11.7. The Bertz CT molecular complexity index is 700. The molecule has 6 heteroatoms. The molecule has 2 aromatic rings. The van der Waals surface area contributed by atoms with Crippen LogP contribution in [-0.4, -0.2) is 29.0 Å². The summed E-state index contributed by atoms with van der Waals surface area (Å²) in [7, 11) is -3.34. The van der Waals surface area contributed by atoms with Crippen molar-refractivity contribution in [1.82, 2.24) is 14.4 Å². The van der Waals surface area contributed by atoms with Crippen LogP contribution in [0.1, 0.15) is 43.7 Å². The van der Waals surface area contributed by atoms with E-state index in [0.29, 0.717) is 11.6 Å². The van der Waals surface area contributed by atoms with Gasteiger partial charge in [-0.3, -0.25) is 0 Å². The van der Waals surface area contributed by atoms with Crippen LogP contribution in [0, 0.1) is 0 Å². The molecule has 0 amide bonds. The van der Waals surface area contributed by atoms with Crippen molar-refractivity contribution in [3.63, 3.8) is 0 Å². The van der Waals surface area contributed by atoms with Crippen LogP contribution >= 0.6 is 0 Å². The fraction of sp³-hybridized carbons (Fsp3) is 0.538. The second-order valence-electron chi connectivity index (χ2n) is 5.24. The summed E-state index contributed by atoms with van der Waals surface area (Å²) in [6.07, 6.45) is 12.4. The molecule has 1 aliphatic carbocycles. The Morgan fingerprint density at radius 2 is 2.00 bits per heavy atom. The van der Waals surface area contributed by atoms with Crippen molar-refractivity contribution in [1.29, 1.82) is 0 Å². The van der Waals surface area contributed by atoms with Gasteiger partial charge in [-0.15, -0.1) is 0 Å². The van der Waals surface area contributed by atoms with Crippen LogP contribution in [0.4, 0.5) is 0 Å². The lowest BCUT2D eigenvalue weighted by molar-refractivity contribution is 0.438. The van der Waals surface area contributed by atoms with Crippen molar-refractivity contribution >= 4 is 15.5 Å². The van der Waals surface area contributed by atoms with E-state index in [-0.39, 0.29) is 5.03 Å². The average molecular weight is 279 g/mol. The smallest absolute Gasteiger partial charge is 0.198 e. The van der Waals surface area contributed by atoms with Gasteiger partial charge in [0.1, 0.15) is 0 Å². The third kappa shape index (κ3) is 2.36. The predicted octanol–water partition coefficient (Wildman–Crippen LogP) is 2.18. The number of nitrogens with zero attached hydrogens (tertiary/aromatic N) is 3. The monoisotopic (exact) mass is 279 g/mol. The molecule has 0 spiro atoms. The van der Waals surface area contributed by atoms with E-state index < -0.39 is 9.84 Å². The van der Waals surface area contributed by atoms with E-state index in [9.17, 15) is 8.42 Å². The van der Waals surface area contributed by atoms with Crippen LogP contribution < -0.4 is 0 Å². The van der Waals surface area contributed by atoms with Gasteiger partial charge in [-0.1, -0.05) is 19.3 Å². The van der Waals surface area contributed by atoms with Gasteiger partial charge in [-0.25, -0.2) is 18.4 Å². The molecule has 3 rings (SSSR count). The lowest BCUT2D eigenvalue weighted by atomic mass is 9.87. The highest BCUT2D eigenvalue weighted by molar-refractivity contribution is 7.90. The zero-order chi connectivity index (χ0) is 13.5. The normalized spacial score (nSPS) is 17.9. The summed E-state index contributed by atoms with van der Waals surface area (Å²) < 4.78 is 25.2. The second kappa shape index (κ2) is 4.59. The first-order valence-electron chi connectivity index (χ1n) is 6.59. The van der Waals surface area contributed by atoms with Crippen LogP contribution in [0.3, 0.4) is 0 Å². The lowest BCUT2D eigenvalue weighted by Crippen LogP contribution is -2.05. The van der Waals surface area contributed by atoms with E-state index in [1.54, 1.807) is 10.6 Å². The van der Waals surface area contributed by atoms with Gasteiger partial charge in [0.2, 0.25) is 0 Å². The molecule has 1 aliphatic rings. The third-order valence-corrected chi connectivity index (χ3v) is 4.73. The molecule has 1 fully saturated rings. The molecule has 0 N–H and O–H groups in total. The minimum atomic E-state index is -3.34. The van der Waals surface area contributed by atoms with Gasteiger partial charge in [-0.2, -0.15) is 0 Å². The maximum absolute atomic E-state index is 11.7. The highest BCUT2D eigenvalue weighted by Crippen LogP contribution is 2.32. The first-order valence-corrected chi connectivity index (χ1v) is 8.48. The minimum absolute atomic E-state index is 0.0667. The Balaban J connectivity index is 2.10. The average Bonchev–Trinajstić information content (AvgIpc) is 2.82. The van der Waals surface area contributed by atoms with E-state index in [1.807, 2.05) is 6.20 Å². The van der Waals surface area contributed by atoms with Gasteiger partial charge < -0.3 is 4.40 Å². The molecule has 0 aromatic carbocycles. The summed E-state index contributed by atoms with van der Waals surface area (Å²) in [5.74, 6) is 0.459. The van der Waals surface area contributed by atoms with Crippen LogP contribution in [0.5, 0.6) is 0 Å². The molecule has 102 valence electrons. The highest BCUT2D eigenvalue weighted by Gasteiger charge is 2.21. The van der Waals surface area contributed by atoms with Crippen molar-refractivity contribution in [2.45, 2.75) is 43.0 Å². The van der Waals surface area contributed by atoms with Crippen molar-refractivity contribution in [3.8, 4) is 0 Å². The second-order valence-corrected chi connectivity index (χ2v) is 7.17. The fourth-order valence-electron chi connectivity index (χ4n) is 2.77. The van der Waals surface area contributed by atoms with Crippen LogP contribution in [-0.2, 0) is 9.84 Å². The fourth-order valence-corrected chi connectivity index (χ4v) is 3.51. The van der Waals surface area contributed by atoms with Crippen molar-refractivity contribution in [2.75, 3.05) is 6.26 Å². The maximum Gasteiger partial charge on any atom is 0.198 e. The van der Waals surface area contributed by atoms with E-state index in [0.717, 1.165) is 18.5 Å². The Morgan fingerprint density at radius 1 is 1.26 bits per heavy atom. The molecular weight excluding hydrogens is 262 g/mol. The standard InChI is InChI=1S/C13H17N3O2S/c1-19(17,18)13-12-15-11(9-16(12)8-7-14-13)10-5-3-2-4-6-10/h7-10H,2-6H2,1H3. The number of hydrogen-bond acceptors (Lipinski definition) is 4. The van der Waals surface area contributed by atoms with E-state index >= 15 is 0 Å². The van der Waals surface area contributed by atoms with Crippen molar-refractivity contribution in [2.24, 2.45) is 0 Å². The lowest BCUT2D eigenvalue weighted by Gasteiger charge is -2.19. The van der Waals surface area contributed by atoms with Gasteiger partial charge in [0, 0.05) is 30.8 Å². The minimum Gasteiger partial charge on any atom is -0.303 e. The molecule has 0 unspecified atom stereocenters. The van der Waals surface area contributed by atoms with Gasteiger partial charge in [0.25, 0.3) is 0 Å². The topological polar surface area (TPSA) is 64.3 Å². The van der Waals surface area contributed by atoms with Crippen LogP contribution in [0.25, 0.3) is 5.65 Å². The van der Waals surface area contributed by atoms with Crippen molar-refractivity contribution in [3.05, 3.63) is 24.3 Å². The largest absolute Gasteiger partial charge is 0.303 e. The van der Waals surface area contributed by atoms with Crippen LogP contribution in [0.15, 0.2) is 23.6 Å². The van der Waals surface area contributed by atoms with Gasteiger partial charge in [-0.05, 0) is 12.8 Å². The number of fused-ring (bicyclic) bond motifs is 1. The number of hydrogen-bond donors (Lipinski definition) is 0.